The maximum atomic E-state index is 12.5. The molecule has 0 saturated carbocycles. The minimum atomic E-state index is -3.07. The number of carbonyl (C=O) groups is 1. The molecule has 0 N–H and O–H groups in total. The van der Waals surface area contributed by atoms with Gasteiger partial charge in [-0.05, 0) is 49.3 Å². The summed E-state index contributed by atoms with van der Waals surface area (Å²) in [5.41, 5.74) is 2.55. The van der Waals surface area contributed by atoms with Gasteiger partial charge >= 0.3 is 0 Å². The van der Waals surface area contributed by atoms with Gasteiger partial charge in [0, 0.05) is 37.8 Å². The van der Waals surface area contributed by atoms with Crippen molar-refractivity contribution in [1.29, 1.82) is 0 Å². The molecule has 0 bridgehead atoms. The highest BCUT2D eigenvalue weighted by atomic mass is 32.2. The second-order valence-electron chi connectivity index (χ2n) is 8.93. The molecule has 28 heavy (non-hydrogen) atoms. The summed E-state index contributed by atoms with van der Waals surface area (Å²) in [7, 11) is -3.07. The predicted octanol–water partition coefficient (Wildman–Crippen LogP) is 3.20. The Hall–Kier alpha value is -1.40. The Kier molecular flexibility index (Phi) is 6.50. The molecule has 2 fully saturated rings. The van der Waals surface area contributed by atoms with Crippen LogP contribution < -0.4 is 0 Å². The fraction of sp³-hybridized carbons (Fsp3) is 0.682. The van der Waals surface area contributed by atoms with Crippen LogP contribution in [-0.2, 0) is 21.2 Å². The van der Waals surface area contributed by atoms with Crippen LogP contribution in [0, 0.1) is 0 Å². The molecule has 5 nitrogen and oxygen atoms in total. The Morgan fingerprint density at radius 2 is 1.79 bits per heavy atom. The topological polar surface area (TPSA) is 57.7 Å². The summed E-state index contributed by atoms with van der Waals surface area (Å²) in [5, 5.41) is 0. The molecule has 0 radical (unpaired) electrons. The summed E-state index contributed by atoms with van der Waals surface area (Å²) in [6, 6.07) is 8.91. The third kappa shape index (κ3) is 5.15. The maximum absolute atomic E-state index is 12.5. The highest BCUT2D eigenvalue weighted by Crippen LogP contribution is 2.39. The highest BCUT2D eigenvalue weighted by molar-refractivity contribution is 7.90. The number of likely N-dealkylation sites (tertiary alicyclic amines) is 2. The van der Waals surface area contributed by atoms with Crippen molar-refractivity contribution in [2.24, 2.45) is 0 Å². The van der Waals surface area contributed by atoms with Gasteiger partial charge in [-0.1, -0.05) is 38.1 Å². The number of hydrogen-bond acceptors (Lipinski definition) is 4. The summed E-state index contributed by atoms with van der Waals surface area (Å²) in [6.45, 7) is 7.68. The van der Waals surface area contributed by atoms with E-state index in [1.165, 1.54) is 17.4 Å². The molecule has 2 aliphatic rings. The Labute approximate surface area is 170 Å². The van der Waals surface area contributed by atoms with E-state index in [1.54, 1.807) is 0 Å². The second-order valence-corrected chi connectivity index (χ2v) is 11.2. The van der Waals surface area contributed by atoms with Crippen LogP contribution in [0.1, 0.15) is 63.0 Å². The normalized spacial score (nSPS) is 24.3. The first-order valence-corrected chi connectivity index (χ1v) is 12.5. The molecule has 1 aromatic carbocycles. The minimum Gasteiger partial charge on any atom is -0.336 e. The Morgan fingerprint density at radius 3 is 2.43 bits per heavy atom. The molecule has 6 heteroatoms. The van der Waals surface area contributed by atoms with Crippen LogP contribution in [0.15, 0.2) is 24.3 Å². The number of hydrogen-bond donors (Lipinski definition) is 0. The van der Waals surface area contributed by atoms with E-state index >= 15 is 0 Å². The zero-order valence-corrected chi connectivity index (χ0v) is 18.3. The second kappa shape index (κ2) is 8.54. The standard InChI is InChI=1S/C22H34N2O3S/c1-18(2)20-7-5-19(6-8-20)17-23-13-4-10-22(12-14-23)11-9-21(25)24(22)15-16-28(3,26)27/h5-8,18H,4,9-17H2,1-3H3. The van der Waals surface area contributed by atoms with Crippen molar-refractivity contribution >= 4 is 15.7 Å². The first-order chi connectivity index (χ1) is 13.2. The van der Waals surface area contributed by atoms with Gasteiger partial charge in [0.1, 0.15) is 9.84 Å². The number of nitrogens with zero attached hydrogens (tertiary/aromatic N) is 2. The van der Waals surface area contributed by atoms with Gasteiger partial charge < -0.3 is 4.90 Å². The lowest BCUT2D eigenvalue weighted by atomic mass is 9.88. The largest absolute Gasteiger partial charge is 0.336 e. The van der Waals surface area contributed by atoms with Crippen LogP contribution in [-0.4, -0.2) is 61.3 Å². The molecular formula is C22H34N2O3S. The Morgan fingerprint density at radius 1 is 1.07 bits per heavy atom. The zero-order chi connectivity index (χ0) is 20.4. The monoisotopic (exact) mass is 406 g/mol. The van der Waals surface area contributed by atoms with Gasteiger partial charge in [0.15, 0.2) is 0 Å². The van der Waals surface area contributed by atoms with E-state index in [4.69, 9.17) is 0 Å². The van der Waals surface area contributed by atoms with E-state index in [0.717, 1.165) is 45.3 Å². The Bertz CT molecular complexity index is 789. The third-order valence-electron chi connectivity index (χ3n) is 6.43. The van der Waals surface area contributed by atoms with E-state index in [1.807, 2.05) is 4.90 Å². The lowest BCUT2D eigenvalue weighted by Crippen LogP contribution is -2.48. The van der Waals surface area contributed by atoms with E-state index in [-0.39, 0.29) is 17.2 Å². The molecule has 1 unspecified atom stereocenters. The summed E-state index contributed by atoms with van der Waals surface area (Å²) < 4.78 is 23.2. The van der Waals surface area contributed by atoms with Crippen LogP contribution in [0.25, 0.3) is 0 Å². The summed E-state index contributed by atoms with van der Waals surface area (Å²) in [4.78, 5) is 16.8. The number of carbonyl (C=O) groups excluding carboxylic acids is 1. The molecule has 2 aliphatic heterocycles. The number of rotatable bonds is 6. The first-order valence-electron chi connectivity index (χ1n) is 10.5. The maximum Gasteiger partial charge on any atom is 0.223 e. The lowest BCUT2D eigenvalue weighted by molar-refractivity contribution is -0.131. The van der Waals surface area contributed by atoms with Crippen LogP contribution in [0.2, 0.25) is 0 Å². The molecule has 1 atom stereocenters. The lowest BCUT2D eigenvalue weighted by Gasteiger charge is -2.38. The van der Waals surface area contributed by atoms with Crippen LogP contribution in [0.3, 0.4) is 0 Å². The highest BCUT2D eigenvalue weighted by Gasteiger charge is 2.45. The number of amides is 1. The molecular weight excluding hydrogens is 372 g/mol. The van der Waals surface area contributed by atoms with Crippen LogP contribution in [0.5, 0.6) is 0 Å². The van der Waals surface area contributed by atoms with Crippen molar-refractivity contribution in [3.63, 3.8) is 0 Å². The van der Waals surface area contributed by atoms with Crippen molar-refractivity contribution < 1.29 is 13.2 Å². The summed E-state index contributed by atoms with van der Waals surface area (Å²) in [5.74, 6) is 0.734. The zero-order valence-electron chi connectivity index (χ0n) is 17.5. The average Bonchev–Trinajstić information content (AvgIpc) is 2.79. The van der Waals surface area contributed by atoms with Gasteiger partial charge in [0.05, 0.1) is 5.75 Å². The minimum absolute atomic E-state index is 0.0619. The van der Waals surface area contributed by atoms with Gasteiger partial charge in [-0.3, -0.25) is 9.69 Å². The molecule has 1 amide bonds. The molecule has 3 rings (SSSR count). The van der Waals surface area contributed by atoms with Crippen molar-refractivity contribution in [2.45, 2.75) is 64.0 Å². The van der Waals surface area contributed by atoms with Crippen LogP contribution in [0.4, 0.5) is 0 Å². The van der Waals surface area contributed by atoms with E-state index < -0.39 is 9.84 Å². The van der Waals surface area contributed by atoms with Gasteiger partial charge in [0.25, 0.3) is 0 Å². The fourth-order valence-electron chi connectivity index (χ4n) is 4.67. The van der Waals surface area contributed by atoms with Crippen molar-refractivity contribution in [1.82, 2.24) is 9.80 Å². The van der Waals surface area contributed by atoms with Gasteiger partial charge in [-0.2, -0.15) is 0 Å². The predicted molar refractivity (Wildman–Crippen MR) is 113 cm³/mol. The quantitative estimate of drug-likeness (QED) is 0.728. The van der Waals surface area contributed by atoms with Crippen molar-refractivity contribution in [3.8, 4) is 0 Å². The molecule has 2 saturated heterocycles. The van der Waals surface area contributed by atoms with Crippen LogP contribution >= 0.6 is 0 Å². The fourth-order valence-corrected chi connectivity index (χ4v) is 5.19. The SMILES string of the molecule is CC(C)c1ccc(CN2CCCC3(CCC(=O)N3CCS(C)(=O)=O)CC2)cc1. The summed E-state index contributed by atoms with van der Waals surface area (Å²) >= 11 is 0. The van der Waals surface area contributed by atoms with Gasteiger partial charge in [0.2, 0.25) is 5.91 Å². The smallest absolute Gasteiger partial charge is 0.223 e. The van der Waals surface area contributed by atoms with Crippen molar-refractivity contribution in [2.75, 3.05) is 31.6 Å². The van der Waals surface area contributed by atoms with E-state index in [9.17, 15) is 13.2 Å². The average molecular weight is 407 g/mol. The summed E-state index contributed by atoms with van der Waals surface area (Å²) in [6.07, 6.45) is 5.64. The molecule has 2 heterocycles. The third-order valence-corrected chi connectivity index (χ3v) is 7.35. The Balaban J connectivity index is 1.63. The molecule has 0 aromatic heterocycles. The number of benzene rings is 1. The molecule has 1 spiro atoms. The van der Waals surface area contributed by atoms with E-state index in [2.05, 4.69) is 43.0 Å². The number of sulfone groups is 1. The molecule has 156 valence electrons. The van der Waals surface area contributed by atoms with Crippen molar-refractivity contribution in [3.05, 3.63) is 35.4 Å². The van der Waals surface area contributed by atoms with Gasteiger partial charge in [-0.15, -0.1) is 0 Å². The van der Waals surface area contributed by atoms with E-state index in [0.29, 0.717) is 18.9 Å². The first kappa shape index (κ1) is 21.3. The molecule has 0 aliphatic carbocycles. The molecule has 1 aromatic rings. The van der Waals surface area contributed by atoms with Gasteiger partial charge in [-0.25, -0.2) is 8.42 Å².